The number of hydrogen-bond donors (Lipinski definition) is 5. The van der Waals surface area contributed by atoms with Crippen molar-refractivity contribution in [2.45, 2.75) is 51.0 Å². The highest BCUT2D eigenvalue weighted by Gasteiger charge is 2.50. The molecule has 4 saturated carbocycles. The van der Waals surface area contributed by atoms with Gasteiger partial charge < -0.3 is 30.7 Å². The molecule has 0 aliphatic heterocycles. The topological polar surface area (TPSA) is 167 Å². The predicted octanol–water partition coefficient (Wildman–Crippen LogP) is 5.50. The molecule has 1 atom stereocenters. The number of carboxylic acid groups (broad SMARTS) is 2. The lowest BCUT2D eigenvalue weighted by Crippen LogP contribution is -2.51. The van der Waals surface area contributed by atoms with Crippen molar-refractivity contribution >= 4 is 46.3 Å². The Morgan fingerprint density at radius 1 is 0.800 bits per heavy atom. The number of nitrogens with one attached hydrogen (secondary N) is 3. The van der Waals surface area contributed by atoms with Crippen LogP contribution >= 0.6 is 0 Å². The first-order valence-electron chi connectivity index (χ1n) is 17.1. The molecule has 4 fully saturated rings. The van der Waals surface area contributed by atoms with E-state index in [9.17, 15) is 34.2 Å². The second-order valence-corrected chi connectivity index (χ2v) is 14.6. The second kappa shape index (κ2) is 13.1. The number of rotatable bonds is 11. The first-order chi connectivity index (χ1) is 23.9. The summed E-state index contributed by atoms with van der Waals surface area (Å²) in [6.45, 7) is 0.564. The summed E-state index contributed by atoms with van der Waals surface area (Å²) in [7, 11) is 1.87. The molecule has 11 nitrogen and oxygen atoms in total. The Balaban J connectivity index is 1.16. The van der Waals surface area contributed by atoms with Crippen molar-refractivity contribution in [3.8, 4) is 0 Å². The van der Waals surface area contributed by atoms with Gasteiger partial charge in [0.05, 0.1) is 22.3 Å². The number of aromatic nitrogens is 1. The van der Waals surface area contributed by atoms with Crippen LogP contribution in [-0.2, 0) is 18.3 Å². The van der Waals surface area contributed by atoms with Gasteiger partial charge in [0.15, 0.2) is 0 Å². The molecular weight excluding hydrogens is 636 g/mol. The van der Waals surface area contributed by atoms with Crippen LogP contribution in [0.15, 0.2) is 72.9 Å². The molecule has 11 heteroatoms. The number of aryl methyl sites for hydroxylation is 1. The van der Waals surface area contributed by atoms with E-state index >= 15 is 0 Å². The van der Waals surface area contributed by atoms with Crippen LogP contribution in [0.5, 0.6) is 0 Å². The Hall–Kier alpha value is -5.45. The summed E-state index contributed by atoms with van der Waals surface area (Å²) in [5.41, 5.74) is 1.28. The van der Waals surface area contributed by atoms with Gasteiger partial charge in [0.1, 0.15) is 6.04 Å². The quantitative estimate of drug-likeness (QED) is 0.140. The van der Waals surface area contributed by atoms with Crippen molar-refractivity contribution in [3.05, 3.63) is 101 Å². The van der Waals surface area contributed by atoms with E-state index in [0.717, 1.165) is 71.7 Å². The van der Waals surface area contributed by atoms with Gasteiger partial charge in [0, 0.05) is 42.8 Å². The van der Waals surface area contributed by atoms with E-state index in [1.165, 1.54) is 19.3 Å². The second-order valence-electron chi connectivity index (χ2n) is 14.6. The van der Waals surface area contributed by atoms with E-state index in [2.05, 4.69) is 16.0 Å². The van der Waals surface area contributed by atoms with Gasteiger partial charge in [0.2, 0.25) is 5.91 Å². The van der Waals surface area contributed by atoms with Gasteiger partial charge in [-0.15, -0.1) is 0 Å². The van der Waals surface area contributed by atoms with Gasteiger partial charge in [-0.25, -0.2) is 9.59 Å². The minimum atomic E-state index is -1.36. The number of nitrogens with zero attached hydrogens (tertiary/aromatic N) is 1. The Kier molecular flexibility index (Phi) is 8.67. The molecule has 258 valence electrons. The molecule has 8 rings (SSSR count). The highest BCUT2D eigenvalue weighted by Crippen LogP contribution is 2.59. The van der Waals surface area contributed by atoms with Crippen molar-refractivity contribution in [2.75, 3.05) is 11.9 Å². The molecule has 1 aromatic heterocycles. The van der Waals surface area contributed by atoms with Gasteiger partial charge >= 0.3 is 11.9 Å². The third-order valence-electron chi connectivity index (χ3n) is 10.9. The summed E-state index contributed by atoms with van der Waals surface area (Å²) >= 11 is 0. The average molecular weight is 677 g/mol. The maximum atomic E-state index is 14.2. The molecule has 3 aromatic carbocycles. The van der Waals surface area contributed by atoms with E-state index in [-0.39, 0.29) is 45.7 Å². The summed E-state index contributed by atoms with van der Waals surface area (Å²) < 4.78 is 1.88. The minimum Gasteiger partial charge on any atom is -0.478 e. The summed E-state index contributed by atoms with van der Waals surface area (Å²) in [6, 6.07) is 16.4. The number of aromatic carboxylic acids is 2. The van der Waals surface area contributed by atoms with Crippen LogP contribution in [0.4, 0.5) is 5.69 Å². The van der Waals surface area contributed by atoms with Crippen LogP contribution in [0.2, 0.25) is 0 Å². The lowest BCUT2D eigenvalue weighted by atomic mass is 9.49. The molecule has 5 N–H and O–H groups in total. The van der Waals surface area contributed by atoms with Gasteiger partial charge in [0.25, 0.3) is 11.8 Å². The van der Waals surface area contributed by atoms with Gasteiger partial charge in [-0.2, -0.15) is 0 Å². The Labute approximate surface area is 289 Å². The van der Waals surface area contributed by atoms with Crippen molar-refractivity contribution in [2.24, 2.45) is 30.2 Å². The monoisotopic (exact) mass is 676 g/mol. The summed E-state index contributed by atoms with van der Waals surface area (Å²) in [5, 5.41) is 28.4. The van der Waals surface area contributed by atoms with Crippen LogP contribution < -0.4 is 16.0 Å². The maximum absolute atomic E-state index is 14.2. The normalized spacial score (nSPS) is 22.5. The fourth-order valence-corrected chi connectivity index (χ4v) is 9.03. The van der Waals surface area contributed by atoms with Crippen molar-refractivity contribution < 1.29 is 34.2 Å². The first-order valence-corrected chi connectivity index (χ1v) is 17.1. The summed E-state index contributed by atoms with van der Waals surface area (Å²) in [5.74, 6) is -2.18. The van der Waals surface area contributed by atoms with Crippen LogP contribution in [0.25, 0.3) is 10.9 Å². The molecule has 4 aliphatic rings. The van der Waals surface area contributed by atoms with Crippen LogP contribution in [0.1, 0.15) is 85.5 Å². The number of carbonyl (C=O) groups excluding carboxylic acids is 3. The van der Waals surface area contributed by atoms with Crippen LogP contribution in [0.3, 0.4) is 0 Å². The zero-order chi connectivity index (χ0) is 35.2. The van der Waals surface area contributed by atoms with E-state index in [1.807, 2.05) is 29.9 Å². The Bertz CT molecular complexity index is 1950. The molecular formula is C39H40N4O7. The third kappa shape index (κ3) is 6.72. The van der Waals surface area contributed by atoms with Crippen LogP contribution in [0, 0.1) is 23.2 Å². The summed E-state index contributed by atoms with van der Waals surface area (Å²) in [4.78, 5) is 65.3. The van der Waals surface area contributed by atoms with Crippen molar-refractivity contribution in [1.29, 1.82) is 0 Å². The van der Waals surface area contributed by atoms with Crippen molar-refractivity contribution in [1.82, 2.24) is 15.2 Å². The number of hydrogen-bond acceptors (Lipinski definition) is 5. The first kappa shape index (κ1) is 33.1. The molecule has 50 heavy (non-hydrogen) atoms. The van der Waals surface area contributed by atoms with E-state index < -0.39 is 29.8 Å². The van der Waals surface area contributed by atoms with E-state index in [4.69, 9.17) is 0 Å². The molecule has 0 spiro atoms. The Morgan fingerprint density at radius 3 is 2.00 bits per heavy atom. The zero-order valence-electron chi connectivity index (χ0n) is 27.8. The smallest absolute Gasteiger partial charge is 0.335 e. The fraction of sp³-hybridized carbons (Fsp3) is 0.359. The standard InChI is InChI=1S/C39H40N4O7/c1-43-8-7-26-16-30(31(17-33(26)43)34(44)40-21-39-18-23-9-24(19-39)11-25(10-23)20-39)35(45)42-32(12-22-5-3-2-4-6-22)36(46)41-29-14-27(37(47)48)13-28(15-29)38(49)50/h2-8,13-17,23-25,32H,9-12,18-21H2,1H3,(H,40,44)(H,41,46)(H,42,45)(H,47,48)(H,49,50)/t23?,24?,25?,32-,39?/m0/s1. The molecule has 4 aliphatic carbocycles. The molecule has 4 aromatic rings. The maximum Gasteiger partial charge on any atom is 0.335 e. The zero-order valence-corrected chi connectivity index (χ0v) is 27.8. The number of carbonyl (C=O) groups is 5. The van der Waals surface area contributed by atoms with E-state index in [1.54, 1.807) is 36.4 Å². The van der Waals surface area contributed by atoms with Gasteiger partial charge in [-0.05, 0) is 104 Å². The highest BCUT2D eigenvalue weighted by molar-refractivity contribution is 6.11. The lowest BCUT2D eigenvalue weighted by Gasteiger charge is -2.56. The van der Waals surface area contributed by atoms with Crippen LogP contribution in [-0.4, -0.2) is 57.0 Å². The number of anilines is 1. The third-order valence-corrected chi connectivity index (χ3v) is 10.9. The number of amides is 3. The number of benzene rings is 3. The highest BCUT2D eigenvalue weighted by atomic mass is 16.4. The lowest BCUT2D eigenvalue weighted by molar-refractivity contribution is -0.118. The summed E-state index contributed by atoms with van der Waals surface area (Å²) in [6.07, 6.45) is 9.20. The SMILES string of the molecule is Cn1ccc2cc(C(=O)N[C@@H](Cc3ccccc3)C(=O)Nc3cc(C(=O)O)cc(C(=O)O)c3)c(C(=O)NCC34CC5CC(CC(C5)C3)C4)cc21. The van der Waals surface area contributed by atoms with E-state index in [0.29, 0.717) is 6.54 Å². The average Bonchev–Trinajstić information content (AvgIpc) is 3.45. The Morgan fingerprint density at radius 2 is 1.40 bits per heavy atom. The molecule has 0 unspecified atom stereocenters. The minimum absolute atomic E-state index is 0.0462. The molecule has 3 amide bonds. The number of fused-ring (bicyclic) bond motifs is 1. The molecule has 1 heterocycles. The largest absolute Gasteiger partial charge is 0.478 e. The van der Waals surface area contributed by atoms with Gasteiger partial charge in [-0.1, -0.05) is 30.3 Å². The van der Waals surface area contributed by atoms with Crippen molar-refractivity contribution in [3.63, 3.8) is 0 Å². The predicted molar refractivity (Wildman–Crippen MR) is 186 cm³/mol. The molecule has 0 radical (unpaired) electrons. The number of carboxylic acids is 2. The van der Waals surface area contributed by atoms with Gasteiger partial charge in [-0.3, -0.25) is 14.4 Å². The molecule has 4 bridgehead atoms. The molecule has 0 saturated heterocycles. The fourth-order valence-electron chi connectivity index (χ4n) is 9.03.